The molecule has 2 N–H and O–H groups in total. The molecule has 82 valence electrons. The van der Waals surface area contributed by atoms with Crippen molar-refractivity contribution in [3.05, 3.63) is 23.0 Å². The first kappa shape index (κ1) is 11.5. The van der Waals surface area contributed by atoms with Gasteiger partial charge in [-0.3, -0.25) is 4.79 Å². The highest BCUT2D eigenvalue weighted by Gasteiger charge is 2.34. The van der Waals surface area contributed by atoms with Crippen LogP contribution in [0, 0.1) is 5.41 Å². The fourth-order valence-electron chi connectivity index (χ4n) is 1.69. The van der Waals surface area contributed by atoms with Gasteiger partial charge < -0.3 is 10.3 Å². The van der Waals surface area contributed by atoms with E-state index in [2.05, 4.69) is 5.16 Å². The maximum atomic E-state index is 11.7. The third-order valence-electron chi connectivity index (χ3n) is 2.52. The Bertz CT molecular complexity index is 400. The Morgan fingerprint density at radius 1 is 1.47 bits per heavy atom. The van der Waals surface area contributed by atoms with Crippen molar-refractivity contribution in [2.45, 2.75) is 27.7 Å². The average molecular weight is 209 g/mol. The maximum Gasteiger partial charge on any atom is 0.193 e. The van der Waals surface area contributed by atoms with Crippen LogP contribution < -0.4 is 0 Å². The highest BCUT2D eigenvalue weighted by molar-refractivity contribution is 6.27. The Balaban J connectivity index is 3.40. The summed E-state index contributed by atoms with van der Waals surface area (Å²) in [6.45, 7) is 6.76. The number of carbonyl (C=O) groups is 1. The van der Waals surface area contributed by atoms with E-state index < -0.39 is 5.41 Å². The number of Topliss-reactive ketones (excluding diaryl/α,β-unsaturated/α-hetero) is 1. The van der Waals surface area contributed by atoms with Crippen molar-refractivity contribution in [3.63, 3.8) is 0 Å². The van der Waals surface area contributed by atoms with Crippen molar-refractivity contribution in [1.82, 2.24) is 0 Å². The van der Waals surface area contributed by atoms with Gasteiger partial charge in [-0.2, -0.15) is 0 Å². The molecule has 0 amide bonds. The molecule has 0 bridgehead atoms. The molecule has 1 rings (SSSR count). The van der Waals surface area contributed by atoms with Gasteiger partial charge in [0.2, 0.25) is 0 Å². The molecular weight excluding hydrogens is 194 g/mol. The number of carbonyl (C=O) groups excluding carboxylic acids is 1. The van der Waals surface area contributed by atoms with Crippen LogP contribution in [0.3, 0.4) is 0 Å². The summed E-state index contributed by atoms with van der Waals surface area (Å²) in [5.41, 5.74) is 0.190. The van der Waals surface area contributed by atoms with Gasteiger partial charge in [-0.05, 0) is 33.3 Å². The van der Waals surface area contributed by atoms with Crippen LogP contribution in [-0.4, -0.2) is 21.8 Å². The molecule has 0 aromatic carbocycles. The van der Waals surface area contributed by atoms with Gasteiger partial charge in [0.25, 0.3) is 0 Å². The molecule has 15 heavy (non-hydrogen) atoms. The number of ketones is 1. The van der Waals surface area contributed by atoms with Gasteiger partial charge in [0.1, 0.15) is 5.76 Å². The molecule has 4 heteroatoms. The smallest absolute Gasteiger partial charge is 0.193 e. The Labute approximate surface area is 88.6 Å². The summed E-state index contributed by atoms with van der Waals surface area (Å²) in [4.78, 5) is 11.7. The van der Waals surface area contributed by atoms with E-state index in [4.69, 9.17) is 5.21 Å². The molecule has 0 aromatic heterocycles. The van der Waals surface area contributed by atoms with Crippen molar-refractivity contribution >= 4 is 11.5 Å². The predicted molar refractivity (Wildman–Crippen MR) is 57.1 cm³/mol. The van der Waals surface area contributed by atoms with E-state index in [0.29, 0.717) is 5.57 Å². The van der Waals surface area contributed by atoms with Crippen LogP contribution in [0.4, 0.5) is 0 Å². The lowest BCUT2D eigenvalue weighted by Crippen LogP contribution is -2.27. The fourth-order valence-corrected chi connectivity index (χ4v) is 1.69. The van der Waals surface area contributed by atoms with Crippen LogP contribution >= 0.6 is 0 Å². The van der Waals surface area contributed by atoms with E-state index in [1.807, 2.05) is 0 Å². The third-order valence-corrected chi connectivity index (χ3v) is 2.52. The van der Waals surface area contributed by atoms with Gasteiger partial charge in [-0.1, -0.05) is 11.2 Å². The van der Waals surface area contributed by atoms with Crippen LogP contribution in [0.2, 0.25) is 0 Å². The minimum atomic E-state index is -0.598. The molecule has 0 radical (unpaired) electrons. The van der Waals surface area contributed by atoms with Crippen molar-refractivity contribution in [2.24, 2.45) is 10.6 Å². The number of nitrogens with zero attached hydrogens (tertiary/aromatic N) is 1. The number of rotatable bonds is 1. The van der Waals surface area contributed by atoms with Crippen molar-refractivity contribution in [3.8, 4) is 0 Å². The highest BCUT2D eigenvalue weighted by Crippen LogP contribution is 2.35. The Kier molecular flexibility index (Phi) is 2.71. The molecule has 0 spiro atoms. The predicted octanol–water partition coefficient (Wildman–Crippen LogP) is 2.20. The van der Waals surface area contributed by atoms with E-state index >= 15 is 0 Å². The molecule has 1 aliphatic carbocycles. The molecule has 0 heterocycles. The molecule has 4 nitrogen and oxygen atoms in total. The number of hydrogen-bond donors (Lipinski definition) is 2. The average Bonchev–Trinajstić information content (AvgIpc) is 2.14. The number of allylic oxidation sites excluding steroid dienone is 3. The van der Waals surface area contributed by atoms with E-state index in [9.17, 15) is 9.90 Å². The summed E-state index contributed by atoms with van der Waals surface area (Å²) in [7, 11) is 0. The van der Waals surface area contributed by atoms with E-state index in [1.54, 1.807) is 26.8 Å². The van der Waals surface area contributed by atoms with E-state index in [1.165, 1.54) is 6.92 Å². The summed E-state index contributed by atoms with van der Waals surface area (Å²) in [6.07, 6.45) is 1.71. The van der Waals surface area contributed by atoms with Gasteiger partial charge in [-0.25, -0.2) is 0 Å². The highest BCUT2D eigenvalue weighted by atomic mass is 16.4. The van der Waals surface area contributed by atoms with Gasteiger partial charge in [0.05, 0.1) is 11.3 Å². The number of aliphatic hydroxyl groups excluding tert-OH is 1. The lowest BCUT2D eigenvalue weighted by Gasteiger charge is -2.27. The topological polar surface area (TPSA) is 69.9 Å². The largest absolute Gasteiger partial charge is 0.511 e. The van der Waals surface area contributed by atoms with Crippen LogP contribution in [0.15, 0.2) is 28.1 Å². The second-order valence-corrected chi connectivity index (χ2v) is 4.29. The molecule has 0 unspecified atom stereocenters. The summed E-state index contributed by atoms with van der Waals surface area (Å²) >= 11 is 0. The zero-order valence-electron chi connectivity index (χ0n) is 9.33. The molecule has 0 fully saturated rings. The molecular formula is C11H15NO3. The minimum Gasteiger partial charge on any atom is -0.511 e. The summed E-state index contributed by atoms with van der Waals surface area (Å²) in [5, 5.41) is 21.5. The molecule has 0 aliphatic heterocycles. The van der Waals surface area contributed by atoms with Gasteiger partial charge in [-0.15, -0.1) is 0 Å². The monoisotopic (exact) mass is 209 g/mol. The van der Waals surface area contributed by atoms with Crippen molar-refractivity contribution in [1.29, 1.82) is 0 Å². The molecule has 0 saturated heterocycles. The second kappa shape index (κ2) is 3.53. The van der Waals surface area contributed by atoms with Gasteiger partial charge in [0.15, 0.2) is 5.78 Å². The van der Waals surface area contributed by atoms with Gasteiger partial charge in [0, 0.05) is 5.41 Å². The normalized spacial score (nSPS) is 21.7. The molecule has 1 aliphatic rings. The van der Waals surface area contributed by atoms with E-state index in [-0.39, 0.29) is 22.8 Å². The van der Waals surface area contributed by atoms with Crippen LogP contribution in [-0.2, 0) is 4.79 Å². The standard InChI is InChI=1S/C11H15NO3/c1-6-5-11(3,4)10(14)8(9(6)13)7(2)12-15/h5,14-15H,1-4H3/b12-7-. The molecule has 0 saturated carbocycles. The Morgan fingerprint density at radius 2 is 2.00 bits per heavy atom. The van der Waals surface area contributed by atoms with Crippen molar-refractivity contribution < 1.29 is 15.1 Å². The summed E-state index contributed by atoms with van der Waals surface area (Å²) < 4.78 is 0. The fraction of sp³-hybridized carbons (Fsp3) is 0.455. The third kappa shape index (κ3) is 1.79. The zero-order valence-corrected chi connectivity index (χ0v) is 9.33. The lowest BCUT2D eigenvalue weighted by molar-refractivity contribution is -0.112. The van der Waals surface area contributed by atoms with Crippen LogP contribution in [0.25, 0.3) is 0 Å². The zero-order chi connectivity index (χ0) is 11.8. The first-order valence-electron chi connectivity index (χ1n) is 4.68. The first-order valence-corrected chi connectivity index (χ1v) is 4.68. The SMILES string of the molecule is CC1=CC(C)(C)C(O)=C(/C(C)=N\O)C1=O. The molecule has 0 aromatic rings. The van der Waals surface area contributed by atoms with Crippen LogP contribution in [0.1, 0.15) is 27.7 Å². The van der Waals surface area contributed by atoms with Crippen molar-refractivity contribution in [2.75, 3.05) is 0 Å². The summed E-state index contributed by atoms with van der Waals surface area (Å²) in [6, 6.07) is 0. The quantitative estimate of drug-likeness (QED) is 0.395. The summed E-state index contributed by atoms with van der Waals surface area (Å²) in [5.74, 6) is -0.337. The van der Waals surface area contributed by atoms with Gasteiger partial charge >= 0.3 is 0 Å². The number of hydrogen-bond acceptors (Lipinski definition) is 4. The first-order chi connectivity index (χ1) is 6.81. The molecule has 0 atom stereocenters. The Hall–Kier alpha value is -1.58. The number of aliphatic hydroxyl groups is 1. The minimum absolute atomic E-state index is 0.0478. The second-order valence-electron chi connectivity index (χ2n) is 4.29. The lowest BCUT2D eigenvalue weighted by atomic mass is 9.78. The van der Waals surface area contributed by atoms with E-state index in [0.717, 1.165) is 0 Å². The Morgan fingerprint density at radius 3 is 2.47 bits per heavy atom. The number of oxime groups is 1. The maximum absolute atomic E-state index is 11.7. The van der Waals surface area contributed by atoms with Crippen LogP contribution in [0.5, 0.6) is 0 Å².